The second-order valence-electron chi connectivity index (χ2n) is 4.38. The minimum atomic E-state index is 0.201. The van der Waals surface area contributed by atoms with Crippen molar-refractivity contribution in [3.63, 3.8) is 0 Å². The van der Waals surface area contributed by atoms with Crippen molar-refractivity contribution < 1.29 is 0 Å². The van der Waals surface area contributed by atoms with E-state index in [1.807, 2.05) is 40.8 Å². The minimum absolute atomic E-state index is 0.201. The maximum absolute atomic E-state index is 5.79. The topological polar surface area (TPSA) is 82.0 Å². The molecule has 6 heteroatoms. The van der Waals surface area contributed by atoms with Crippen molar-refractivity contribution in [3.8, 4) is 11.4 Å². The van der Waals surface area contributed by atoms with Gasteiger partial charge in [-0.3, -0.25) is 9.38 Å². The Kier molecular flexibility index (Phi) is 2.17. The first-order chi connectivity index (χ1) is 9.83. The first-order valence-corrected chi connectivity index (χ1v) is 6.14. The summed E-state index contributed by atoms with van der Waals surface area (Å²) in [5, 5.41) is 0. The highest BCUT2D eigenvalue weighted by molar-refractivity contribution is 5.82. The van der Waals surface area contributed by atoms with Gasteiger partial charge in [0.05, 0.1) is 11.0 Å². The molecule has 0 bridgehead atoms. The van der Waals surface area contributed by atoms with Crippen molar-refractivity contribution in [2.24, 2.45) is 0 Å². The lowest BCUT2D eigenvalue weighted by atomic mass is 10.2. The lowest BCUT2D eigenvalue weighted by Crippen LogP contribution is -2.03. The van der Waals surface area contributed by atoms with E-state index in [1.165, 1.54) is 0 Å². The molecule has 4 rings (SSSR count). The van der Waals surface area contributed by atoms with Crippen LogP contribution in [-0.2, 0) is 0 Å². The number of para-hydroxylation sites is 2. The quantitative estimate of drug-likeness (QED) is 0.566. The molecule has 0 atom stereocenters. The zero-order valence-corrected chi connectivity index (χ0v) is 10.4. The molecule has 4 aromatic rings. The highest BCUT2D eigenvalue weighted by Gasteiger charge is 2.13. The van der Waals surface area contributed by atoms with E-state index in [9.17, 15) is 0 Å². The molecule has 0 saturated carbocycles. The number of benzene rings is 1. The summed E-state index contributed by atoms with van der Waals surface area (Å²) in [5.74, 6) is 1.43. The molecule has 0 aliphatic heterocycles. The zero-order valence-electron chi connectivity index (χ0n) is 10.4. The summed E-state index contributed by atoms with van der Waals surface area (Å²) < 4.78 is 1.89. The first-order valence-electron chi connectivity index (χ1n) is 6.14. The van der Waals surface area contributed by atoms with Crippen molar-refractivity contribution in [1.29, 1.82) is 0 Å². The Hall–Kier alpha value is -3.02. The minimum Gasteiger partial charge on any atom is -0.368 e. The third-order valence-electron chi connectivity index (χ3n) is 3.11. The van der Waals surface area contributed by atoms with E-state index in [4.69, 9.17) is 5.73 Å². The molecule has 0 spiro atoms. The normalized spacial score (nSPS) is 11.2. The van der Waals surface area contributed by atoms with E-state index < -0.39 is 0 Å². The van der Waals surface area contributed by atoms with Gasteiger partial charge in [0, 0.05) is 18.0 Å². The van der Waals surface area contributed by atoms with Gasteiger partial charge in [-0.15, -0.1) is 0 Å². The molecule has 3 heterocycles. The Morgan fingerprint density at radius 2 is 1.85 bits per heavy atom. The molecule has 96 valence electrons. The maximum atomic E-state index is 5.79. The van der Waals surface area contributed by atoms with Crippen LogP contribution < -0.4 is 5.73 Å². The van der Waals surface area contributed by atoms with Crippen molar-refractivity contribution >= 4 is 22.8 Å². The van der Waals surface area contributed by atoms with Gasteiger partial charge >= 0.3 is 0 Å². The molecule has 0 aliphatic rings. The number of fused-ring (bicyclic) bond motifs is 3. The molecule has 1 aromatic carbocycles. The zero-order chi connectivity index (χ0) is 13.5. The summed E-state index contributed by atoms with van der Waals surface area (Å²) in [6.45, 7) is 0. The number of nitrogens with zero attached hydrogens (tertiary/aromatic N) is 5. The molecule has 3 aromatic heterocycles. The van der Waals surface area contributed by atoms with Gasteiger partial charge in [0.15, 0.2) is 5.82 Å². The summed E-state index contributed by atoms with van der Waals surface area (Å²) in [6, 6.07) is 11.6. The molecule has 6 nitrogen and oxygen atoms in total. The van der Waals surface area contributed by atoms with E-state index in [0.29, 0.717) is 11.6 Å². The number of hydrogen-bond donors (Lipinski definition) is 1. The Labute approximate surface area is 114 Å². The number of nitrogens with two attached hydrogens (primary N) is 1. The molecule has 0 fully saturated rings. The van der Waals surface area contributed by atoms with Crippen LogP contribution in [0.1, 0.15) is 0 Å². The number of rotatable bonds is 1. The van der Waals surface area contributed by atoms with Crippen molar-refractivity contribution in [1.82, 2.24) is 24.3 Å². The molecular formula is C14H10N6. The Morgan fingerprint density at radius 1 is 0.950 bits per heavy atom. The van der Waals surface area contributed by atoms with E-state index in [0.717, 1.165) is 16.6 Å². The van der Waals surface area contributed by atoms with Crippen molar-refractivity contribution in [2.45, 2.75) is 0 Å². The lowest BCUT2D eigenvalue weighted by Gasteiger charge is -2.05. The average molecular weight is 262 g/mol. The SMILES string of the molecule is Nc1nc(-c2cccnc2)n2c(n1)nc1ccccc12. The second-order valence-corrected chi connectivity index (χ2v) is 4.38. The summed E-state index contributed by atoms with van der Waals surface area (Å²) in [6.07, 6.45) is 3.47. The second kappa shape index (κ2) is 3.99. The van der Waals surface area contributed by atoms with Gasteiger partial charge in [0.2, 0.25) is 11.7 Å². The third-order valence-corrected chi connectivity index (χ3v) is 3.11. The molecule has 0 saturated heterocycles. The van der Waals surface area contributed by atoms with E-state index in [-0.39, 0.29) is 5.95 Å². The lowest BCUT2D eigenvalue weighted by molar-refractivity contribution is 1.05. The largest absolute Gasteiger partial charge is 0.368 e. The predicted octanol–water partition coefficient (Wildman–Crippen LogP) is 1.92. The summed E-state index contributed by atoms with van der Waals surface area (Å²) >= 11 is 0. The van der Waals surface area contributed by atoms with Crippen LogP contribution in [0, 0.1) is 0 Å². The molecule has 0 radical (unpaired) electrons. The van der Waals surface area contributed by atoms with Crippen LogP contribution in [0.4, 0.5) is 5.95 Å². The van der Waals surface area contributed by atoms with Crippen LogP contribution in [0.2, 0.25) is 0 Å². The summed E-state index contributed by atoms with van der Waals surface area (Å²) in [5.41, 5.74) is 8.46. The van der Waals surface area contributed by atoms with E-state index in [2.05, 4.69) is 19.9 Å². The van der Waals surface area contributed by atoms with Gasteiger partial charge in [-0.1, -0.05) is 12.1 Å². The van der Waals surface area contributed by atoms with Gasteiger partial charge in [0.25, 0.3) is 0 Å². The van der Waals surface area contributed by atoms with Crippen LogP contribution in [0.25, 0.3) is 28.2 Å². The molecule has 0 amide bonds. The smallest absolute Gasteiger partial charge is 0.239 e. The summed E-state index contributed by atoms with van der Waals surface area (Å²) in [4.78, 5) is 17.1. The van der Waals surface area contributed by atoms with Crippen LogP contribution in [0.3, 0.4) is 0 Å². The Bertz CT molecular complexity index is 913. The standard InChI is InChI=1S/C14H10N6/c15-13-18-12(9-4-3-7-16-8-9)20-11-6-2-1-5-10(11)17-14(20)19-13/h1-8H,(H2,15,17,19). The predicted molar refractivity (Wildman–Crippen MR) is 75.9 cm³/mol. The van der Waals surface area contributed by atoms with Crippen LogP contribution >= 0.6 is 0 Å². The monoisotopic (exact) mass is 262 g/mol. The van der Waals surface area contributed by atoms with Crippen LogP contribution in [0.5, 0.6) is 0 Å². The summed E-state index contributed by atoms with van der Waals surface area (Å²) in [7, 11) is 0. The fourth-order valence-electron chi connectivity index (χ4n) is 2.27. The number of aromatic nitrogens is 5. The van der Waals surface area contributed by atoms with Crippen molar-refractivity contribution in [2.75, 3.05) is 5.73 Å². The number of imidazole rings is 1. The maximum Gasteiger partial charge on any atom is 0.239 e. The molecule has 0 unspecified atom stereocenters. The number of anilines is 1. The highest BCUT2D eigenvalue weighted by atomic mass is 15.2. The fourth-order valence-corrected chi connectivity index (χ4v) is 2.27. The Balaban J connectivity index is 2.19. The molecule has 0 aliphatic carbocycles. The van der Waals surface area contributed by atoms with Gasteiger partial charge < -0.3 is 5.73 Å². The van der Waals surface area contributed by atoms with Crippen LogP contribution in [-0.4, -0.2) is 24.3 Å². The average Bonchev–Trinajstić information content (AvgIpc) is 2.85. The van der Waals surface area contributed by atoms with Gasteiger partial charge in [0.1, 0.15) is 0 Å². The number of hydrogen-bond acceptors (Lipinski definition) is 5. The molecule has 2 N–H and O–H groups in total. The van der Waals surface area contributed by atoms with Crippen LogP contribution in [0.15, 0.2) is 48.8 Å². The van der Waals surface area contributed by atoms with E-state index >= 15 is 0 Å². The van der Waals surface area contributed by atoms with Gasteiger partial charge in [-0.25, -0.2) is 4.98 Å². The fraction of sp³-hybridized carbons (Fsp3) is 0. The van der Waals surface area contributed by atoms with E-state index in [1.54, 1.807) is 12.4 Å². The molecule has 20 heavy (non-hydrogen) atoms. The third kappa shape index (κ3) is 1.51. The van der Waals surface area contributed by atoms with Gasteiger partial charge in [-0.05, 0) is 24.3 Å². The Morgan fingerprint density at radius 3 is 2.70 bits per heavy atom. The van der Waals surface area contributed by atoms with Crippen molar-refractivity contribution in [3.05, 3.63) is 48.8 Å². The highest BCUT2D eigenvalue weighted by Crippen LogP contribution is 2.23. The van der Waals surface area contributed by atoms with Gasteiger partial charge in [-0.2, -0.15) is 9.97 Å². The first kappa shape index (κ1) is 10.9. The number of pyridine rings is 1. The molecular weight excluding hydrogens is 252 g/mol. The number of nitrogen functional groups attached to an aromatic ring is 1.